The molecule has 2 aromatic rings. The molecule has 0 radical (unpaired) electrons. The third-order valence-electron chi connectivity index (χ3n) is 4.22. The first-order valence-electron chi connectivity index (χ1n) is 8.22. The smallest absolute Gasteiger partial charge is 0.131 e. The Bertz CT molecular complexity index is 664. The molecule has 0 bridgehead atoms. The quantitative estimate of drug-likeness (QED) is 0.868. The number of pyridine rings is 1. The summed E-state index contributed by atoms with van der Waals surface area (Å²) >= 11 is 0. The van der Waals surface area contributed by atoms with Gasteiger partial charge in [-0.25, -0.2) is 15.0 Å². The van der Waals surface area contributed by atoms with E-state index < -0.39 is 0 Å². The van der Waals surface area contributed by atoms with Gasteiger partial charge in [0.25, 0.3) is 0 Å². The average molecular weight is 311 g/mol. The molecule has 0 aromatic carbocycles. The molecule has 23 heavy (non-hydrogen) atoms. The molecule has 0 amide bonds. The van der Waals surface area contributed by atoms with Crippen LogP contribution in [0.25, 0.3) is 0 Å². The van der Waals surface area contributed by atoms with E-state index in [2.05, 4.69) is 40.8 Å². The van der Waals surface area contributed by atoms with Gasteiger partial charge in [0.05, 0.1) is 0 Å². The van der Waals surface area contributed by atoms with Crippen molar-refractivity contribution in [1.82, 2.24) is 19.9 Å². The highest BCUT2D eigenvalue weighted by Crippen LogP contribution is 2.20. The van der Waals surface area contributed by atoms with Crippen molar-refractivity contribution < 1.29 is 0 Å². The zero-order valence-electron chi connectivity index (χ0n) is 14.5. The molecule has 122 valence electrons. The zero-order chi connectivity index (χ0) is 16.4. The summed E-state index contributed by atoms with van der Waals surface area (Å²) in [5, 5.41) is 0. The third-order valence-corrected chi connectivity index (χ3v) is 4.22. The van der Waals surface area contributed by atoms with Crippen LogP contribution in [0.3, 0.4) is 0 Å². The van der Waals surface area contributed by atoms with Gasteiger partial charge in [-0.15, -0.1) is 0 Å². The summed E-state index contributed by atoms with van der Waals surface area (Å²) in [6.45, 7) is 7.16. The second-order valence-electron chi connectivity index (χ2n) is 6.73. The number of hydrogen-bond donors (Lipinski definition) is 0. The Kier molecular flexibility index (Phi) is 4.57. The van der Waals surface area contributed by atoms with Gasteiger partial charge in [0.15, 0.2) is 0 Å². The van der Waals surface area contributed by atoms with Crippen LogP contribution in [-0.4, -0.2) is 40.5 Å². The van der Waals surface area contributed by atoms with Gasteiger partial charge in [-0.05, 0) is 11.6 Å². The number of hydrogen-bond acceptors (Lipinski definition) is 5. The van der Waals surface area contributed by atoms with Gasteiger partial charge < -0.3 is 4.90 Å². The van der Waals surface area contributed by atoms with Crippen molar-refractivity contribution in [2.75, 3.05) is 25.5 Å². The Labute approximate surface area is 138 Å². The van der Waals surface area contributed by atoms with Gasteiger partial charge in [-0.3, -0.25) is 4.90 Å². The minimum Gasteiger partial charge on any atom is -0.363 e. The normalized spacial score (nSPS) is 14.8. The molecule has 0 spiro atoms. The summed E-state index contributed by atoms with van der Waals surface area (Å²) in [5.74, 6) is 2.34. The topological polar surface area (TPSA) is 45.2 Å². The van der Waals surface area contributed by atoms with Gasteiger partial charge in [-0.1, -0.05) is 19.9 Å². The SMILES string of the molecule is CC(C)c1ncc2c(n1)CCN(Cc1ccc(N(C)C)nc1)C2. The van der Waals surface area contributed by atoms with E-state index in [0.717, 1.165) is 37.7 Å². The maximum Gasteiger partial charge on any atom is 0.131 e. The van der Waals surface area contributed by atoms with Crippen LogP contribution in [0.15, 0.2) is 24.5 Å². The largest absolute Gasteiger partial charge is 0.363 e. The highest BCUT2D eigenvalue weighted by molar-refractivity contribution is 5.37. The molecule has 0 atom stereocenters. The summed E-state index contributed by atoms with van der Waals surface area (Å²) in [6.07, 6.45) is 4.99. The van der Waals surface area contributed by atoms with Crippen molar-refractivity contribution in [2.45, 2.75) is 39.3 Å². The predicted octanol–water partition coefficient (Wildman–Crippen LogP) is 2.62. The van der Waals surface area contributed by atoms with Crippen molar-refractivity contribution in [1.29, 1.82) is 0 Å². The lowest BCUT2D eigenvalue weighted by molar-refractivity contribution is 0.242. The number of anilines is 1. The molecular weight excluding hydrogens is 286 g/mol. The van der Waals surface area contributed by atoms with Crippen molar-refractivity contribution in [2.24, 2.45) is 0 Å². The van der Waals surface area contributed by atoms with Crippen LogP contribution in [0, 0.1) is 0 Å². The minimum atomic E-state index is 0.389. The summed E-state index contributed by atoms with van der Waals surface area (Å²) < 4.78 is 0. The van der Waals surface area contributed by atoms with Gasteiger partial charge >= 0.3 is 0 Å². The van der Waals surface area contributed by atoms with Crippen LogP contribution in [0.2, 0.25) is 0 Å². The van der Waals surface area contributed by atoms with Crippen molar-refractivity contribution in [3.8, 4) is 0 Å². The Balaban J connectivity index is 1.67. The molecule has 1 aliphatic heterocycles. The lowest BCUT2D eigenvalue weighted by Gasteiger charge is -2.28. The fourth-order valence-electron chi connectivity index (χ4n) is 2.84. The van der Waals surface area contributed by atoms with E-state index in [1.807, 2.05) is 31.4 Å². The van der Waals surface area contributed by atoms with Crippen LogP contribution in [-0.2, 0) is 19.5 Å². The fourth-order valence-corrected chi connectivity index (χ4v) is 2.84. The van der Waals surface area contributed by atoms with Crippen LogP contribution in [0.1, 0.15) is 42.4 Å². The van der Waals surface area contributed by atoms with Crippen LogP contribution < -0.4 is 4.90 Å². The molecular formula is C18H25N5. The zero-order valence-corrected chi connectivity index (χ0v) is 14.5. The maximum absolute atomic E-state index is 4.73. The summed E-state index contributed by atoms with van der Waals surface area (Å²) in [4.78, 5) is 18.2. The summed E-state index contributed by atoms with van der Waals surface area (Å²) in [7, 11) is 4.02. The number of fused-ring (bicyclic) bond motifs is 1. The Morgan fingerprint density at radius 1 is 1.17 bits per heavy atom. The molecule has 0 fully saturated rings. The lowest BCUT2D eigenvalue weighted by Crippen LogP contribution is -2.31. The molecule has 5 nitrogen and oxygen atoms in total. The summed E-state index contributed by atoms with van der Waals surface area (Å²) in [6, 6.07) is 4.24. The Morgan fingerprint density at radius 2 is 2.00 bits per heavy atom. The summed E-state index contributed by atoms with van der Waals surface area (Å²) in [5.41, 5.74) is 3.73. The van der Waals surface area contributed by atoms with E-state index in [9.17, 15) is 0 Å². The Morgan fingerprint density at radius 3 is 2.65 bits per heavy atom. The minimum absolute atomic E-state index is 0.389. The van der Waals surface area contributed by atoms with Gasteiger partial charge in [0.2, 0.25) is 0 Å². The van der Waals surface area contributed by atoms with Crippen LogP contribution in [0.4, 0.5) is 5.82 Å². The van der Waals surface area contributed by atoms with E-state index in [1.54, 1.807) is 0 Å². The molecule has 1 aliphatic rings. The standard InChI is InChI=1S/C18H25N5/c1-13(2)18-20-10-15-12-23(8-7-16(15)21-18)11-14-5-6-17(19-9-14)22(3)4/h5-6,9-10,13H,7-8,11-12H2,1-4H3. The van der Waals surface area contributed by atoms with E-state index in [4.69, 9.17) is 4.98 Å². The molecule has 0 unspecified atom stereocenters. The second-order valence-corrected chi connectivity index (χ2v) is 6.73. The van der Waals surface area contributed by atoms with E-state index >= 15 is 0 Å². The van der Waals surface area contributed by atoms with Crippen LogP contribution >= 0.6 is 0 Å². The molecule has 0 saturated carbocycles. The molecule has 2 aromatic heterocycles. The van der Waals surface area contributed by atoms with Crippen molar-refractivity contribution in [3.63, 3.8) is 0 Å². The first-order chi connectivity index (χ1) is 11.0. The van der Waals surface area contributed by atoms with Gasteiger partial charge in [0.1, 0.15) is 11.6 Å². The molecule has 3 rings (SSSR count). The molecule has 3 heterocycles. The number of nitrogens with zero attached hydrogens (tertiary/aromatic N) is 5. The van der Waals surface area contributed by atoms with Crippen LogP contribution in [0.5, 0.6) is 0 Å². The highest BCUT2D eigenvalue weighted by Gasteiger charge is 2.19. The fraction of sp³-hybridized carbons (Fsp3) is 0.500. The third kappa shape index (κ3) is 3.67. The Hall–Kier alpha value is -2.01. The monoisotopic (exact) mass is 311 g/mol. The second kappa shape index (κ2) is 6.62. The maximum atomic E-state index is 4.73. The molecule has 5 heteroatoms. The van der Waals surface area contributed by atoms with E-state index in [0.29, 0.717) is 5.92 Å². The number of aromatic nitrogens is 3. The molecule has 0 N–H and O–H groups in total. The van der Waals surface area contributed by atoms with Crippen molar-refractivity contribution in [3.05, 3.63) is 47.2 Å². The van der Waals surface area contributed by atoms with E-state index in [1.165, 1.54) is 16.8 Å². The number of rotatable bonds is 4. The van der Waals surface area contributed by atoms with E-state index in [-0.39, 0.29) is 0 Å². The average Bonchev–Trinajstić information content (AvgIpc) is 2.54. The molecule has 0 saturated heterocycles. The highest BCUT2D eigenvalue weighted by atomic mass is 15.1. The first-order valence-corrected chi connectivity index (χ1v) is 8.22. The van der Waals surface area contributed by atoms with Crippen molar-refractivity contribution >= 4 is 5.82 Å². The predicted molar refractivity (Wildman–Crippen MR) is 92.5 cm³/mol. The molecule has 0 aliphatic carbocycles. The van der Waals surface area contributed by atoms with Gasteiger partial charge in [-0.2, -0.15) is 0 Å². The first kappa shape index (κ1) is 15.9. The lowest BCUT2D eigenvalue weighted by atomic mass is 10.1. The van der Waals surface area contributed by atoms with Gasteiger partial charge in [0, 0.05) is 69.7 Å².